The molecule has 198 valence electrons. The number of aldehydes is 1. The third-order valence-electron chi connectivity index (χ3n) is 7.64. The van der Waals surface area contributed by atoms with Crippen molar-refractivity contribution < 1.29 is 14.7 Å². The first-order chi connectivity index (χ1) is 19.6. The number of aliphatic carboxylic acids is 1. The van der Waals surface area contributed by atoms with Gasteiger partial charge in [0.2, 0.25) is 0 Å². The molecule has 1 aliphatic heterocycles. The number of pyridine rings is 2. The zero-order valence-corrected chi connectivity index (χ0v) is 22.0. The zero-order chi connectivity index (χ0) is 27.5. The van der Waals surface area contributed by atoms with Gasteiger partial charge in [0.1, 0.15) is 5.69 Å². The summed E-state index contributed by atoms with van der Waals surface area (Å²) in [6.45, 7) is 0.785. The van der Waals surface area contributed by atoms with E-state index in [1.807, 2.05) is 42.5 Å². The molecule has 4 heterocycles. The van der Waals surface area contributed by atoms with Crippen LogP contribution in [0, 0.1) is 5.92 Å². The molecule has 6 heteroatoms. The van der Waals surface area contributed by atoms with Gasteiger partial charge in [0.05, 0.1) is 11.0 Å². The molecule has 0 radical (unpaired) electrons. The molecular formula is C34H29N3O3. The number of benzene rings is 3. The second kappa shape index (κ2) is 11.1. The van der Waals surface area contributed by atoms with Crippen LogP contribution in [-0.2, 0) is 24.2 Å². The minimum atomic E-state index is -0.703. The summed E-state index contributed by atoms with van der Waals surface area (Å²) >= 11 is 0. The van der Waals surface area contributed by atoms with E-state index in [4.69, 9.17) is 4.98 Å². The van der Waals surface area contributed by atoms with Crippen molar-refractivity contribution in [2.45, 2.75) is 32.2 Å². The largest absolute Gasteiger partial charge is 0.481 e. The number of carbonyl (C=O) groups is 2. The smallest absolute Gasteiger partial charge is 0.303 e. The van der Waals surface area contributed by atoms with Gasteiger partial charge in [-0.05, 0) is 54.7 Å². The molecule has 0 aliphatic carbocycles. The van der Waals surface area contributed by atoms with Gasteiger partial charge < -0.3 is 9.67 Å². The summed E-state index contributed by atoms with van der Waals surface area (Å²) < 4.78 is 2.35. The van der Waals surface area contributed by atoms with Gasteiger partial charge in [-0.2, -0.15) is 0 Å². The van der Waals surface area contributed by atoms with Gasteiger partial charge >= 0.3 is 5.97 Å². The third-order valence-corrected chi connectivity index (χ3v) is 7.64. The summed E-state index contributed by atoms with van der Waals surface area (Å²) in [6.07, 6.45) is 3.66. The monoisotopic (exact) mass is 527 g/mol. The van der Waals surface area contributed by atoms with Gasteiger partial charge in [0, 0.05) is 52.4 Å². The molecule has 1 unspecified atom stereocenters. The van der Waals surface area contributed by atoms with Crippen LogP contribution in [0.2, 0.25) is 0 Å². The molecule has 1 atom stereocenters. The van der Waals surface area contributed by atoms with Crippen LogP contribution < -0.4 is 0 Å². The van der Waals surface area contributed by atoms with Gasteiger partial charge in [0.15, 0.2) is 6.29 Å². The van der Waals surface area contributed by atoms with Crippen molar-refractivity contribution in [3.8, 4) is 0 Å². The average Bonchev–Trinajstić information content (AvgIpc) is 3.29. The molecule has 3 aromatic carbocycles. The van der Waals surface area contributed by atoms with E-state index >= 15 is 0 Å². The number of hydrogen-bond acceptors (Lipinski definition) is 4. The van der Waals surface area contributed by atoms with Crippen LogP contribution in [0.25, 0.3) is 32.7 Å². The second-order valence-corrected chi connectivity index (χ2v) is 10.3. The van der Waals surface area contributed by atoms with Gasteiger partial charge in [-0.1, -0.05) is 66.7 Å². The number of aromatic nitrogens is 3. The SMILES string of the molecule is O=C(O)CC1CCc2c(Cc3ccc4ccccc4n3)c3ccccc3n2C1.O=Cc1ccc2ccccc2n1. The lowest BCUT2D eigenvalue weighted by atomic mass is 9.92. The summed E-state index contributed by atoms with van der Waals surface area (Å²) in [5.74, 6) is -0.502. The van der Waals surface area contributed by atoms with Crippen molar-refractivity contribution in [1.29, 1.82) is 0 Å². The number of carboxylic acid groups (broad SMARTS) is 1. The first kappa shape index (κ1) is 25.4. The van der Waals surface area contributed by atoms with E-state index in [1.54, 1.807) is 6.07 Å². The van der Waals surface area contributed by atoms with E-state index in [1.165, 1.54) is 22.2 Å². The molecule has 0 spiro atoms. The fourth-order valence-corrected chi connectivity index (χ4v) is 5.76. The predicted octanol–water partition coefficient (Wildman–Crippen LogP) is 6.86. The lowest BCUT2D eigenvalue weighted by Gasteiger charge is -2.25. The van der Waals surface area contributed by atoms with Crippen molar-refractivity contribution in [2.75, 3.05) is 0 Å². The molecule has 3 aromatic heterocycles. The maximum absolute atomic E-state index is 11.2. The highest BCUT2D eigenvalue weighted by atomic mass is 16.4. The standard InChI is InChI=1S/C24H22N2O2.C10H7NO/c27-24(28)13-16-9-12-23-20(19-6-2-4-8-22(19)26(23)15-16)14-18-11-10-17-5-1-3-7-21(17)25-18;12-7-9-6-5-8-3-1-2-4-10(8)11-9/h1-8,10-11,16H,9,12-15H2,(H,27,28);1-7H. The van der Waals surface area contributed by atoms with Crippen LogP contribution in [0.5, 0.6) is 0 Å². The topological polar surface area (TPSA) is 85.1 Å². The lowest BCUT2D eigenvalue weighted by Crippen LogP contribution is -2.22. The van der Waals surface area contributed by atoms with Crippen LogP contribution in [0.3, 0.4) is 0 Å². The molecule has 0 fully saturated rings. The molecule has 1 N–H and O–H groups in total. The number of carboxylic acids is 1. The van der Waals surface area contributed by atoms with E-state index in [9.17, 15) is 14.7 Å². The van der Waals surface area contributed by atoms with Gasteiger partial charge in [-0.25, -0.2) is 4.98 Å². The summed E-state index contributed by atoms with van der Waals surface area (Å²) in [5.41, 5.74) is 7.34. The van der Waals surface area contributed by atoms with Crippen molar-refractivity contribution in [2.24, 2.45) is 5.92 Å². The van der Waals surface area contributed by atoms with Gasteiger partial charge in [-0.15, -0.1) is 0 Å². The Balaban J connectivity index is 0.000000201. The molecule has 6 aromatic rings. The summed E-state index contributed by atoms with van der Waals surface area (Å²) in [5, 5.41) is 12.7. The lowest BCUT2D eigenvalue weighted by molar-refractivity contribution is -0.138. The maximum Gasteiger partial charge on any atom is 0.303 e. The maximum atomic E-state index is 11.2. The van der Waals surface area contributed by atoms with Crippen molar-refractivity contribution >= 4 is 45.0 Å². The minimum absolute atomic E-state index is 0.201. The van der Waals surface area contributed by atoms with Crippen LogP contribution in [0.1, 0.15) is 40.3 Å². The molecule has 0 saturated carbocycles. The highest BCUT2D eigenvalue weighted by Gasteiger charge is 2.26. The Morgan fingerprint density at radius 3 is 2.27 bits per heavy atom. The van der Waals surface area contributed by atoms with Crippen LogP contribution in [0.15, 0.2) is 97.1 Å². The van der Waals surface area contributed by atoms with Gasteiger partial charge in [0.25, 0.3) is 0 Å². The zero-order valence-electron chi connectivity index (χ0n) is 22.0. The fraction of sp³-hybridized carbons (Fsp3) is 0.176. The average molecular weight is 528 g/mol. The van der Waals surface area contributed by atoms with E-state index in [-0.39, 0.29) is 12.3 Å². The molecule has 1 aliphatic rings. The molecule has 0 bridgehead atoms. The normalized spacial score (nSPS) is 14.4. The molecule has 6 nitrogen and oxygen atoms in total. The van der Waals surface area contributed by atoms with Gasteiger partial charge in [-0.3, -0.25) is 14.6 Å². The predicted molar refractivity (Wildman–Crippen MR) is 158 cm³/mol. The first-order valence-corrected chi connectivity index (χ1v) is 13.6. The molecule has 0 saturated heterocycles. The van der Waals surface area contributed by atoms with Crippen LogP contribution in [-0.4, -0.2) is 31.9 Å². The van der Waals surface area contributed by atoms with E-state index in [0.29, 0.717) is 5.69 Å². The summed E-state index contributed by atoms with van der Waals surface area (Å²) in [4.78, 5) is 30.6. The van der Waals surface area contributed by atoms with E-state index in [2.05, 4.69) is 58.1 Å². The Morgan fingerprint density at radius 1 is 0.850 bits per heavy atom. The minimum Gasteiger partial charge on any atom is -0.481 e. The van der Waals surface area contributed by atoms with Crippen molar-refractivity contribution in [3.05, 3.63) is 120 Å². The Hall–Kier alpha value is -4.84. The van der Waals surface area contributed by atoms with E-state index in [0.717, 1.165) is 59.6 Å². The third kappa shape index (κ3) is 5.21. The molecule has 40 heavy (non-hydrogen) atoms. The summed E-state index contributed by atoms with van der Waals surface area (Å²) in [6, 6.07) is 32.3. The Bertz CT molecular complexity index is 1860. The van der Waals surface area contributed by atoms with Crippen molar-refractivity contribution in [3.63, 3.8) is 0 Å². The Labute approximate surface area is 231 Å². The quantitative estimate of drug-likeness (QED) is 0.248. The van der Waals surface area contributed by atoms with Crippen LogP contribution in [0.4, 0.5) is 0 Å². The number of nitrogens with zero attached hydrogens (tertiary/aromatic N) is 3. The molecular weight excluding hydrogens is 498 g/mol. The highest BCUT2D eigenvalue weighted by Crippen LogP contribution is 2.34. The van der Waals surface area contributed by atoms with Crippen LogP contribution >= 0.6 is 0 Å². The molecule has 0 amide bonds. The number of carbonyl (C=O) groups excluding carboxylic acids is 1. The Morgan fingerprint density at radius 2 is 1.52 bits per heavy atom. The number of fused-ring (bicyclic) bond motifs is 5. The summed E-state index contributed by atoms with van der Waals surface area (Å²) in [7, 11) is 0. The number of para-hydroxylation sites is 3. The van der Waals surface area contributed by atoms with E-state index < -0.39 is 5.97 Å². The number of hydrogen-bond donors (Lipinski definition) is 1. The fourth-order valence-electron chi connectivity index (χ4n) is 5.76. The highest BCUT2D eigenvalue weighted by molar-refractivity contribution is 5.86. The number of rotatable bonds is 5. The first-order valence-electron chi connectivity index (χ1n) is 13.6. The second-order valence-electron chi connectivity index (χ2n) is 10.3. The molecule has 7 rings (SSSR count). The van der Waals surface area contributed by atoms with Crippen molar-refractivity contribution in [1.82, 2.24) is 14.5 Å². The Kier molecular flexibility index (Phi) is 7.06.